The van der Waals surface area contributed by atoms with Gasteiger partial charge < -0.3 is 15.4 Å². The van der Waals surface area contributed by atoms with E-state index in [0.29, 0.717) is 5.82 Å². The Morgan fingerprint density at radius 2 is 2.47 bits per heavy atom. The summed E-state index contributed by atoms with van der Waals surface area (Å²) in [7, 11) is 0. The van der Waals surface area contributed by atoms with E-state index in [9.17, 15) is 4.39 Å². The van der Waals surface area contributed by atoms with Crippen LogP contribution >= 0.6 is 11.6 Å². The van der Waals surface area contributed by atoms with Crippen LogP contribution in [0.25, 0.3) is 0 Å². The molecule has 94 valence electrons. The fourth-order valence-electron chi connectivity index (χ4n) is 2.55. The molecule has 3 aliphatic rings. The second-order valence-corrected chi connectivity index (χ2v) is 5.30. The predicted molar refractivity (Wildman–Crippen MR) is 63.5 cm³/mol. The van der Waals surface area contributed by atoms with Crippen LogP contribution in [-0.4, -0.2) is 30.1 Å². The highest BCUT2D eigenvalue weighted by atomic mass is 35.5. The quantitative estimate of drug-likeness (QED) is 0.450. The molecule has 2 heterocycles. The highest BCUT2D eigenvalue weighted by Gasteiger charge is 2.48. The van der Waals surface area contributed by atoms with Gasteiger partial charge in [-0.2, -0.15) is 0 Å². The van der Waals surface area contributed by atoms with Crippen molar-refractivity contribution in [3.63, 3.8) is 0 Å². The van der Waals surface area contributed by atoms with E-state index in [2.05, 4.69) is 15.6 Å². The molecule has 0 amide bonds. The average molecular weight is 260 g/mol. The molecule has 0 aromatic carbocycles. The summed E-state index contributed by atoms with van der Waals surface area (Å²) in [6.45, 7) is 0.847. The van der Waals surface area contributed by atoms with Crippen molar-refractivity contribution >= 4 is 17.8 Å². The molecular formula is C11H15ClFN3O. The van der Waals surface area contributed by atoms with Gasteiger partial charge in [0.2, 0.25) is 0 Å². The topological polar surface area (TPSA) is 48.9 Å². The van der Waals surface area contributed by atoms with E-state index in [1.54, 1.807) is 0 Å². The van der Waals surface area contributed by atoms with Gasteiger partial charge in [0.25, 0.3) is 0 Å². The van der Waals surface area contributed by atoms with E-state index in [1.165, 1.54) is 0 Å². The second kappa shape index (κ2) is 4.14. The molecule has 2 aliphatic heterocycles. The highest BCUT2D eigenvalue weighted by molar-refractivity contribution is 6.21. The molecular weight excluding hydrogens is 245 g/mol. The first kappa shape index (κ1) is 11.3. The summed E-state index contributed by atoms with van der Waals surface area (Å²) in [5.74, 6) is -0.0408. The normalized spacial score (nSPS) is 40.4. The predicted octanol–water partition coefficient (Wildman–Crippen LogP) is 1.62. The van der Waals surface area contributed by atoms with Crippen LogP contribution in [0, 0.1) is 0 Å². The molecule has 3 rings (SSSR count). The third-order valence-corrected chi connectivity index (χ3v) is 3.75. The van der Waals surface area contributed by atoms with Gasteiger partial charge in [-0.15, -0.1) is 0 Å². The summed E-state index contributed by atoms with van der Waals surface area (Å²) in [4.78, 5) is 3.73. The van der Waals surface area contributed by atoms with E-state index in [-0.39, 0.29) is 11.6 Å². The van der Waals surface area contributed by atoms with Crippen LogP contribution in [0.5, 0.6) is 0 Å². The van der Waals surface area contributed by atoms with Crippen LogP contribution in [0.15, 0.2) is 16.6 Å². The minimum atomic E-state index is -0.591. The SMILES string of the molecule is FC1=C(N[C@H]2CCC[C@@]3(CO3)C2)NC(Cl)N=C1. The first-order valence-corrected chi connectivity index (χ1v) is 6.35. The van der Waals surface area contributed by atoms with Crippen molar-refractivity contribution in [3.8, 4) is 0 Å². The number of nitrogens with one attached hydrogen (secondary N) is 2. The van der Waals surface area contributed by atoms with Crippen molar-refractivity contribution in [2.45, 2.75) is 43.0 Å². The molecule has 1 unspecified atom stereocenters. The summed E-state index contributed by atoms with van der Waals surface area (Å²) in [5, 5.41) is 5.95. The lowest BCUT2D eigenvalue weighted by Gasteiger charge is -2.30. The average Bonchev–Trinajstić information content (AvgIpc) is 3.03. The maximum atomic E-state index is 13.5. The van der Waals surface area contributed by atoms with Gasteiger partial charge >= 0.3 is 0 Å². The van der Waals surface area contributed by atoms with Crippen molar-refractivity contribution in [3.05, 3.63) is 11.6 Å². The minimum absolute atomic E-state index is 0.0794. The van der Waals surface area contributed by atoms with Crippen molar-refractivity contribution in [1.29, 1.82) is 0 Å². The lowest BCUT2D eigenvalue weighted by Crippen LogP contribution is -2.43. The van der Waals surface area contributed by atoms with E-state index >= 15 is 0 Å². The molecule has 4 nitrogen and oxygen atoms in total. The number of nitrogens with zero attached hydrogens (tertiary/aromatic N) is 1. The standard InChI is InChI=1S/C11H15ClFN3O/c12-10-14-5-8(13)9(16-10)15-7-2-1-3-11(4-7)6-17-11/h5,7,10,15-16H,1-4,6H2/t7-,10?,11-/m0/s1. The second-order valence-electron chi connectivity index (χ2n) is 4.89. The Labute approximate surface area is 104 Å². The molecule has 1 aliphatic carbocycles. The monoisotopic (exact) mass is 259 g/mol. The summed E-state index contributed by atoms with van der Waals surface area (Å²) in [5.41, 5.74) is -0.512. The molecule has 3 atom stereocenters. The summed E-state index contributed by atoms with van der Waals surface area (Å²) in [6.07, 6.45) is 5.37. The number of halogens is 2. The smallest absolute Gasteiger partial charge is 0.196 e. The summed E-state index contributed by atoms with van der Waals surface area (Å²) in [6, 6.07) is 0.245. The fourth-order valence-corrected chi connectivity index (χ4v) is 2.71. The van der Waals surface area contributed by atoms with Gasteiger partial charge in [0.15, 0.2) is 11.5 Å². The number of hydrogen-bond acceptors (Lipinski definition) is 4. The Bertz CT molecular complexity index is 381. The molecule has 17 heavy (non-hydrogen) atoms. The van der Waals surface area contributed by atoms with Gasteiger partial charge in [0.1, 0.15) is 5.82 Å². The Morgan fingerprint density at radius 3 is 3.24 bits per heavy atom. The Morgan fingerprint density at radius 1 is 1.65 bits per heavy atom. The van der Waals surface area contributed by atoms with Crippen LogP contribution in [0.1, 0.15) is 25.7 Å². The van der Waals surface area contributed by atoms with E-state index in [4.69, 9.17) is 16.3 Å². The van der Waals surface area contributed by atoms with Crippen LogP contribution in [-0.2, 0) is 4.74 Å². The van der Waals surface area contributed by atoms with Crippen molar-refractivity contribution in [2.75, 3.05) is 6.61 Å². The fraction of sp³-hybridized carbons (Fsp3) is 0.727. The van der Waals surface area contributed by atoms with Gasteiger partial charge in [0, 0.05) is 6.04 Å². The molecule has 0 bridgehead atoms. The molecule has 6 heteroatoms. The third kappa shape index (κ3) is 2.40. The van der Waals surface area contributed by atoms with Gasteiger partial charge in [0.05, 0.1) is 18.4 Å². The lowest BCUT2D eigenvalue weighted by atomic mass is 9.86. The number of allylic oxidation sites excluding steroid dienone is 1. The number of ether oxygens (including phenoxy) is 1. The van der Waals surface area contributed by atoms with E-state index < -0.39 is 11.5 Å². The molecule has 1 saturated carbocycles. The van der Waals surface area contributed by atoms with Gasteiger partial charge in [-0.3, -0.25) is 0 Å². The third-order valence-electron chi connectivity index (χ3n) is 3.53. The number of rotatable bonds is 2. The maximum absolute atomic E-state index is 13.5. The van der Waals surface area contributed by atoms with Gasteiger partial charge in [-0.25, -0.2) is 9.38 Å². The number of hydrogen-bond donors (Lipinski definition) is 2. The zero-order valence-electron chi connectivity index (χ0n) is 9.38. The first-order chi connectivity index (χ1) is 8.17. The number of epoxide rings is 1. The van der Waals surface area contributed by atoms with Crippen molar-refractivity contribution < 1.29 is 9.13 Å². The van der Waals surface area contributed by atoms with Crippen LogP contribution < -0.4 is 10.6 Å². The maximum Gasteiger partial charge on any atom is 0.196 e. The van der Waals surface area contributed by atoms with E-state index in [1.807, 2.05) is 0 Å². The Balaban J connectivity index is 1.64. The van der Waals surface area contributed by atoms with Crippen LogP contribution in [0.2, 0.25) is 0 Å². The van der Waals surface area contributed by atoms with Crippen LogP contribution in [0.4, 0.5) is 4.39 Å². The Kier molecular flexibility index (Phi) is 2.75. The van der Waals surface area contributed by atoms with E-state index in [0.717, 1.165) is 38.5 Å². The van der Waals surface area contributed by atoms with Crippen LogP contribution in [0.3, 0.4) is 0 Å². The van der Waals surface area contributed by atoms with Crippen molar-refractivity contribution in [2.24, 2.45) is 4.99 Å². The first-order valence-electron chi connectivity index (χ1n) is 5.91. The molecule has 2 fully saturated rings. The number of alkyl halides is 1. The highest BCUT2D eigenvalue weighted by Crippen LogP contribution is 2.41. The molecule has 1 spiro atoms. The molecule has 0 aromatic rings. The largest absolute Gasteiger partial charge is 0.370 e. The number of aliphatic imine (C=N–C) groups is 1. The van der Waals surface area contributed by atoms with Gasteiger partial charge in [-0.1, -0.05) is 11.6 Å². The van der Waals surface area contributed by atoms with Gasteiger partial charge in [-0.05, 0) is 25.7 Å². The zero-order valence-corrected chi connectivity index (χ0v) is 10.1. The Hall–Kier alpha value is -0.810. The zero-order chi connectivity index (χ0) is 11.9. The summed E-state index contributed by atoms with van der Waals surface area (Å²) < 4.78 is 19.0. The molecule has 2 N–H and O–H groups in total. The molecule has 0 aromatic heterocycles. The van der Waals surface area contributed by atoms with Crippen molar-refractivity contribution in [1.82, 2.24) is 10.6 Å². The molecule has 0 radical (unpaired) electrons. The minimum Gasteiger partial charge on any atom is -0.370 e. The summed E-state index contributed by atoms with van der Waals surface area (Å²) >= 11 is 5.79. The molecule has 1 saturated heterocycles. The lowest BCUT2D eigenvalue weighted by molar-refractivity contribution is 0.207.